The molecule has 0 unspecified atom stereocenters. The van der Waals surface area contributed by atoms with Crippen LogP contribution in [0.2, 0.25) is 0 Å². The Balaban J connectivity index is -0.000000249. The smallest absolute Gasteiger partial charge is 0.0378 e. The van der Waals surface area contributed by atoms with Crippen molar-refractivity contribution in [3.05, 3.63) is 40.7 Å². The van der Waals surface area contributed by atoms with Crippen LogP contribution in [0, 0.1) is 20.8 Å². The zero-order valence-corrected chi connectivity index (χ0v) is 16.8. The molecule has 0 atom stereocenters. The molecule has 22 heavy (non-hydrogen) atoms. The van der Waals surface area contributed by atoms with Gasteiger partial charge in [-0.3, -0.25) is 4.98 Å². The van der Waals surface area contributed by atoms with Gasteiger partial charge in [0.15, 0.2) is 0 Å². The predicted octanol–water partition coefficient (Wildman–Crippen LogP) is 6.01. The third kappa shape index (κ3) is 16.9. The van der Waals surface area contributed by atoms with E-state index in [1.165, 1.54) is 24.1 Å². The molecule has 0 saturated carbocycles. The van der Waals surface area contributed by atoms with E-state index in [4.69, 9.17) is 0 Å². The highest BCUT2D eigenvalue weighted by atomic mass is 14.8. The normalized spacial score (nSPS) is 11.6. The first-order chi connectivity index (χ1) is 10.6. The number of aromatic nitrogens is 1. The minimum atomic E-state index is 1.08. The van der Waals surface area contributed by atoms with Crippen molar-refractivity contribution < 1.29 is 0 Å². The van der Waals surface area contributed by atoms with Gasteiger partial charge >= 0.3 is 0 Å². The van der Waals surface area contributed by atoms with Crippen LogP contribution in [0.1, 0.15) is 71.8 Å². The fraction of sp³-hybridized carbons (Fsp3) is 0.650. The van der Waals surface area contributed by atoms with Gasteiger partial charge in [0.25, 0.3) is 0 Å². The highest BCUT2D eigenvalue weighted by molar-refractivity contribution is 5.18. The van der Waals surface area contributed by atoms with E-state index >= 15 is 0 Å². The van der Waals surface area contributed by atoms with E-state index < -0.39 is 0 Å². The molecule has 0 spiro atoms. The Kier molecular flexibility index (Phi) is 23.3. The van der Waals surface area contributed by atoms with Crippen LogP contribution in [0.5, 0.6) is 0 Å². The topological polar surface area (TPSA) is 24.9 Å². The molecule has 0 saturated heterocycles. The van der Waals surface area contributed by atoms with E-state index in [2.05, 4.69) is 42.4 Å². The molecule has 2 nitrogen and oxygen atoms in total. The molecule has 0 bridgehead atoms. The molecule has 0 aromatic carbocycles. The highest BCUT2D eigenvalue weighted by Gasteiger charge is 1.93. The van der Waals surface area contributed by atoms with Crippen molar-refractivity contribution in [1.82, 2.24) is 10.3 Å². The second-order valence-corrected chi connectivity index (χ2v) is 4.43. The third-order valence-corrected chi connectivity index (χ3v) is 2.52. The second kappa shape index (κ2) is 19.9. The summed E-state index contributed by atoms with van der Waals surface area (Å²) in [5.41, 5.74) is 5.03. The Labute approximate surface area is 140 Å². The molecule has 0 radical (unpaired) electrons. The van der Waals surface area contributed by atoms with Crippen molar-refractivity contribution >= 4 is 0 Å². The minimum Gasteiger partial charge on any atom is -0.313 e. The van der Waals surface area contributed by atoms with Crippen LogP contribution in [0.4, 0.5) is 0 Å². The molecule has 1 aliphatic heterocycles. The molecular formula is C20H40N2. The van der Waals surface area contributed by atoms with Crippen molar-refractivity contribution in [2.75, 3.05) is 13.1 Å². The van der Waals surface area contributed by atoms with Gasteiger partial charge in [0.05, 0.1) is 0 Å². The van der Waals surface area contributed by atoms with Crippen molar-refractivity contribution in [1.29, 1.82) is 0 Å². The van der Waals surface area contributed by atoms with Gasteiger partial charge in [-0.1, -0.05) is 53.2 Å². The summed E-state index contributed by atoms with van der Waals surface area (Å²) < 4.78 is 0. The van der Waals surface area contributed by atoms with E-state index in [0.717, 1.165) is 17.9 Å². The number of hydrogen-bond donors (Lipinski definition) is 1. The van der Waals surface area contributed by atoms with Crippen molar-refractivity contribution in [2.24, 2.45) is 0 Å². The molecule has 1 N–H and O–H groups in total. The van der Waals surface area contributed by atoms with Crippen LogP contribution < -0.4 is 5.32 Å². The highest BCUT2D eigenvalue weighted by Crippen LogP contribution is 2.01. The van der Waals surface area contributed by atoms with Gasteiger partial charge in [0, 0.05) is 17.9 Å². The lowest BCUT2D eigenvalue weighted by Crippen LogP contribution is -2.19. The quantitative estimate of drug-likeness (QED) is 0.593. The molecule has 2 heterocycles. The van der Waals surface area contributed by atoms with Gasteiger partial charge in [-0.05, 0) is 58.4 Å². The summed E-state index contributed by atoms with van der Waals surface area (Å²) in [6, 6.07) is 4.15. The number of nitrogens with one attached hydrogen (secondary N) is 1. The number of pyridine rings is 1. The van der Waals surface area contributed by atoms with Crippen LogP contribution in [0.15, 0.2) is 23.8 Å². The van der Waals surface area contributed by atoms with Crippen LogP contribution in [0.3, 0.4) is 0 Å². The predicted molar refractivity (Wildman–Crippen MR) is 104 cm³/mol. The van der Waals surface area contributed by atoms with Gasteiger partial charge in [-0.2, -0.15) is 0 Å². The molecule has 0 fully saturated rings. The van der Waals surface area contributed by atoms with E-state index in [-0.39, 0.29) is 0 Å². The molecule has 1 aliphatic rings. The van der Waals surface area contributed by atoms with Crippen molar-refractivity contribution in [3.8, 4) is 0 Å². The summed E-state index contributed by atoms with van der Waals surface area (Å²) in [5, 5.41) is 3.24. The third-order valence-electron chi connectivity index (χ3n) is 2.52. The average molecular weight is 309 g/mol. The van der Waals surface area contributed by atoms with Crippen molar-refractivity contribution in [3.63, 3.8) is 0 Å². The summed E-state index contributed by atoms with van der Waals surface area (Å²) in [6.45, 7) is 22.5. The average Bonchev–Trinajstić information content (AvgIpc) is 2.53. The Bertz CT molecular complexity index is 317. The maximum Gasteiger partial charge on any atom is 0.0378 e. The van der Waals surface area contributed by atoms with Gasteiger partial charge in [-0.25, -0.2) is 0 Å². The first kappa shape index (κ1) is 25.8. The largest absolute Gasteiger partial charge is 0.313 e. The minimum absolute atomic E-state index is 1.08. The maximum absolute atomic E-state index is 4.23. The first-order valence-electron chi connectivity index (χ1n) is 8.86. The zero-order chi connectivity index (χ0) is 18.0. The molecule has 0 amide bonds. The number of hydrogen-bond acceptors (Lipinski definition) is 2. The van der Waals surface area contributed by atoms with Gasteiger partial charge in [0.2, 0.25) is 0 Å². The SMILES string of the molecule is CC.CC.CC.CC1=CCNCC1.Cc1cc(C)nc(C)c1. The first-order valence-corrected chi connectivity index (χ1v) is 8.86. The second-order valence-electron chi connectivity index (χ2n) is 4.43. The van der Waals surface area contributed by atoms with Gasteiger partial charge < -0.3 is 5.32 Å². The zero-order valence-electron chi connectivity index (χ0n) is 16.8. The summed E-state index contributed by atoms with van der Waals surface area (Å²) >= 11 is 0. The molecular weight excluding hydrogens is 268 g/mol. The lowest BCUT2D eigenvalue weighted by molar-refractivity contribution is 0.703. The number of aryl methyl sites for hydroxylation is 3. The van der Waals surface area contributed by atoms with Crippen LogP contribution in [0.25, 0.3) is 0 Å². The number of rotatable bonds is 0. The molecule has 0 aliphatic carbocycles. The molecule has 130 valence electrons. The monoisotopic (exact) mass is 308 g/mol. The molecule has 2 rings (SSSR count). The van der Waals surface area contributed by atoms with E-state index in [9.17, 15) is 0 Å². The number of nitrogens with zero attached hydrogens (tertiary/aromatic N) is 1. The molecule has 2 heteroatoms. The Morgan fingerprint density at radius 3 is 1.50 bits per heavy atom. The maximum atomic E-state index is 4.23. The summed E-state index contributed by atoms with van der Waals surface area (Å²) in [4.78, 5) is 4.23. The molecule has 1 aromatic rings. The van der Waals surface area contributed by atoms with Crippen LogP contribution in [-0.4, -0.2) is 18.1 Å². The van der Waals surface area contributed by atoms with E-state index in [1.807, 2.05) is 55.4 Å². The summed E-state index contributed by atoms with van der Waals surface area (Å²) in [6.07, 6.45) is 3.48. The fourth-order valence-corrected chi connectivity index (χ4v) is 1.78. The van der Waals surface area contributed by atoms with E-state index in [1.54, 1.807) is 0 Å². The van der Waals surface area contributed by atoms with Gasteiger partial charge in [0.1, 0.15) is 0 Å². The van der Waals surface area contributed by atoms with E-state index in [0.29, 0.717) is 0 Å². The van der Waals surface area contributed by atoms with Gasteiger partial charge in [-0.15, -0.1) is 0 Å². The summed E-state index contributed by atoms with van der Waals surface area (Å²) in [7, 11) is 0. The fourth-order valence-electron chi connectivity index (χ4n) is 1.78. The summed E-state index contributed by atoms with van der Waals surface area (Å²) in [5.74, 6) is 0. The van der Waals surface area contributed by atoms with Crippen LogP contribution >= 0.6 is 0 Å². The van der Waals surface area contributed by atoms with Crippen LogP contribution in [-0.2, 0) is 0 Å². The lowest BCUT2D eigenvalue weighted by atomic mass is 10.1. The molecule has 1 aromatic heterocycles. The standard InChI is InChI=1S/C8H11N.C6H11N.3C2H6/c1-6-4-7(2)9-8(3)5-6;1-6-2-4-7-5-3-6;3*1-2/h4-5H,1-3H3;2,7H,3-5H2,1H3;3*1-2H3. The Morgan fingerprint density at radius 1 is 0.818 bits per heavy atom. The Hall–Kier alpha value is -1.15. The lowest BCUT2D eigenvalue weighted by Gasteiger charge is -2.08. The van der Waals surface area contributed by atoms with Crippen molar-refractivity contribution in [2.45, 2.75) is 75.7 Å². The Morgan fingerprint density at radius 2 is 1.27 bits per heavy atom.